The number of anilines is 1. The third-order valence-electron chi connectivity index (χ3n) is 3.36. The summed E-state index contributed by atoms with van der Waals surface area (Å²) >= 11 is 0. The van der Waals surface area contributed by atoms with E-state index < -0.39 is 0 Å². The van der Waals surface area contributed by atoms with Gasteiger partial charge in [0.25, 0.3) is 0 Å². The van der Waals surface area contributed by atoms with Crippen molar-refractivity contribution >= 4 is 11.7 Å². The van der Waals surface area contributed by atoms with Gasteiger partial charge in [0.05, 0.1) is 6.61 Å². The van der Waals surface area contributed by atoms with E-state index in [1.54, 1.807) is 0 Å². The summed E-state index contributed by atoms with van der Waals surface area (Å²) in [5.74, 6) is -0.124. The molecule has 1 aliphatic rings. The summed E-state index contributed by atoms with van der Waals surface area (Å²) in [5, 5.41) is 0. The van der Waals surface area contributed by atoms with Crippen molar-refractivity contribution in [3.05, 3.63) is 29.3 Å². The zero-order valence-corrected chi connectivity index (χ0v) is 11.0. The number of carbonyl (C=O) groups is 1. The van der Waals surface area contributed by atoms with E-state index >= 15 is 0 Å². The minimum atomic E-state index is -0.154. The first-order chi connectivity index (χ1) is 8.65. The second-order valence-corrected chi connectivity index (χ2v) is 4.61. The molecule has 2 rings (SSSR count). The highest BCUT2D eigenvalue weighted by atomic mass is 16.5. The van der Waals surface area contributed by atoms with Crippen LogP contribution in [-0.2, 0) is 22.6 Å². The molecule has 0 fully saturated rings. The van der Waals surface area contributed by atoms with Gasteiger partial charge >= 0.3 is 5.97 Å². The highest BCUT2D eigenvalue weighted by Crippen LogP contribution is 2.27. The van der Waals surface area contributed by atoms with Crippen molar-refractivity contribution in [1.29, 1.82) is 0 Å². The fourth-order valence-corrected chi connectivity index (χ4v) is 2.47. The molecule has 0 bridgehead atoms. The van der Waals surface area contributed by atoms with Crippen LogP contribution in [0, 0.1) is 0 Å². The molecule has 0 aliphatic carbocycles. The van der Waals surface area contributed by atoms with Gasteiger partial charge in [-0.3, -0.25) is 9.69 Å². The highest BCUT2D eigenvalue weighted by molar-refractivity contribution is 5.75. The molecule has 18 heavy (non-hydrogen) atoms. The van der Waals surface area contributed by atoms with Crippen molar-refractivity contribution in [3.8, 4) is 0 Å². The number of ether oxygens (including phenoxy) is 1. The molecule has 1 atom stereocenters. The first-order valence-corrected chi connectivity index (χ1v) is 6.43. The molecule has 0 amide bonds. The van der Waals surface area contributed by atoms with E-state index in [2.05, 4.69) is 4.90 Å². The number of hydrogen-bond donors (Lipinski definition) is 1. The molecule has 1 unspecified atom stereocenters. The number of nitrogens with zero attached hydrogens (tertiary/aromatic N) is 1. The van der Waals surface area contributed by atoms with E-state index in [0.29, 0.717) is 6.61 Å². The molecular weight excluding hydrogens is 228 g/mol. The van der Waals surface area contributed by atoms with Crippen molar-refractivity contribution in [2.24, 2.45) is 0 Å². The van der Waals surface area contributed by atoms with E-state index in [1.807, 2.05) is 32.0 Å². The number of fused-ring (bicyclic) bond motifs is 1. The summed E-state index contributed by atoms with van der Waals surface area (Å²) in [6, 6.07) is 5.79. The summed E-state index contributed by atoms with van der Waals surface area (Å²) in [5.41, 5.74) is 9.04. The summed E-state index contributed by atoms with van der Waals surface area (Å²) < 4.78 is 5.12. The molecule has 4 nitrogen and oxygen atoms in total. The quantitative estimate of drug-likeness (QED) is 0.653. The Morgan fingerprint density at radius 2 is 2.11 bits per heavy atom. The van der Waals surface area contributed by atoms with Crippen LogP contribution < -0.4 is 5.73 Å². The lowest BCUT2D eigenvalue weighted by molar-refractivity contribution is -0.150. The standard InChI is InChI=1S/C14H20N2O2/c1-3-13(14(17)18-4-2)16-8-10-5-6-12(15)7-11(10)9-16/h5-7,13H,3-4,8-9,15H2,1-2H3. The topological polar surface area (TPSA) is 55.6 Å². The molecule has 0 radical (unpaired) electrons. The van der Waals surface area contributed by atoms with Gasteiger partial charge in [0.2, 0.25) is 0 Å². The molecule has 2 N–H and O–H groups in total. The summed E-state index contributed by atoms with van der Waals surface area (Å²) in [6.45, 7) is 5.86. The molecule has 0 saturated heterocycles. The number of hydrogen-bond acceptors (Lipinski definition) is 4. The number of esters is 1. The molecule has 1 aromatic carbocycles. The number of nitrogen functional groups attached to an aromatic ring is 1. The molecule has 4 heteroatoms. The maximum Gasteiger partial charge on any atom is 0.323 e. The van der Waals surface area contributed by atoms with Crippen LogP contribution in [0.3, 0.4) is 0 Å². The van der Waals surface area contributed by atoms with Crippen LogP contribution in [0.1, 0.15) is 31.4 Å². The monoisotopic (exact) mass is 248 g/mol. The Morgan fingerprint density at radius 3 is 2.78 bits per heavy atom. The number of carbonyl (C=O) groups excluding carboxylic acids is 1. The van der Waals surface area contributed by atoms with Gasteiger partial charge < -0.3 is 10.5 Å². The van der Waals surface area contributed by atoms with Crippen LogP contribution in [0.2, 0.25) is 0 Å². The van der Waals surface area contributed by atoms with Crippen LogP contribution in [0.15, 0.2) is 18.2 Å². The van der Waals surface area contributed by atoms with Gasteiger partial charge in [0, 0.05) is 18.8 Å². The molecule has 98 valence electrons. The number of benzene rings is 1. The van der Waals surface area contributed by atoms with Gasteiger partial charge in [-0.2, -0.15) is 0 Å². The molecule has 1 heterocycles. The third-order valence-corrected chi connectivity index (χ3v) is 3.36. The van der Waals surface area contributed by atoms with Gasteiger partial charge in [-0.05, 0) is 36.6 Å². The Labute approximate surface area is 108 Å². The van der Waals surface area contributed by atoms with Crippen molar-refractivity contribution < 1.29 is 9.53 Å². The SMILES string of the molecule is CCOC(=O)C(CC)N1Cc2ccc(N)cc2C1. The molecular formula is C14H20N2O2. The predicted octanol–water partition coefficient (Wildman–Crippen LogP) is 1.93. The zero-order valence-electron chi connectivity index (χ0n) is 11.0. The van der Waals surface area contributed by atoms with Gasteiger partial charge in [-0.1, -0.05) is 13.0 Å². The first-order valence-electron chi connectivity index (χ1n) is 6.43. The minimum Gasteiger partial charge on any atom is -0.465 e. The Balaban J connectivity index is 2.11. The lowest BCUT2D eigenvalue weighted by Gasteiger charge is -2.24. The van der Waals surface area contributed by atoms with E-state index in [9.17, 15) is 4.79 Å². The first kappa shape index (κ1) is 12.9. The summed E-state index contributed by atoms with van der Waals surface area (Å²) in [6.07, 6.45) is 0.766. The largest absolute Gasteiger partial charge is 0.465 e. The van der Waals surface area contributed by atoms with Crippen LogP contribution in [-0.4, -0.2) is 23.5 Å². The summed E-state index contributed by atoms with van der Waals surface area (Å²) in [4.78, 5) is 14.0. The van der Waals surface area contributed by atoms with Crippen LogP contribution in [0.25, 0.3) is 0 Å². The molecule has 0 aromatic heterocycles. The molecule has 0 spiro atoms. The highest BCUT2D eigenvalue weighted by Gasteiger charge is 2.30. The zero-order chi connectivity index (χ0) is 13.1. The van der Waals surface area contributed by atoms with Crippen molar-refractivity contribution in [3.63, 3.8) is 0 Å². The number of nitrogens with two attached hydrogens (primary N) is 1. The van der Waals surface area contributed by atoms with E-state index in [1.165, 1.54) is 11.1 Å². The number of rotatable bonds is 4. The maximum atomic E-state index is 11.9. The van der Waals surface area contributed by atoms with Crippen LogP contribution in [0.4, 0.5) is 5.69 Å². The molecule has 1 aromatic rings. The molecule has 1 aliphatic heterocycles. The van der Waals surface area contributed by atoms with Gasteiger partial charge in [-0.15, -0.1) is 0 Å². The van der Waals surface area contributed by atoms with Gasteiger partial charge in [0.1, 0.15) is 6.04 Å². The lowest BCUT2D eigenvalue weighted by Crippen LogP contribution is -2.38. The fourth-order valence-electron chi connectivity index (χ4n) is 2.47. The van der Waals surface area contributed by atoms with E-state index in [0.717, 1.165) is 25.2 Å². The third kappa shape index (κ3) is 2.48. The van der Waals surface area contributed by atoms with Crippen molar-refractivity contribution in [2.75, 3.05) is 12.3 Å². The average molecular weight is 248 g/mol. The van der Waals surface area contributed by atoms with Crippen LogP contribution in [0.5, 0.6) is 0 Å². The average Bonchev–Trinajstić information content (AvgIpc) is 2.72. The Kier molecular flexibility index (Phi) is 3.87. The lowest BCUT2D eigenvalue weighted by atomic mass is 10.1. The Morgan fingerprint density at radius 1 is 1.39 bits per heavy atom. The second kappa shape index (κ2) is 5.40. The summed E-state index contributed by atoms with van der Waals surface area (Å²) in [7, 11) is 0. The van der Waals surface area contributed by atoms with Gasteiger partial charge in [0.15, 0.2) is 0 Å². The fraction of sp³-hybridized carbons (Fsp3) is 0.500. The van der Waals surface area contributed by atoms with Gasteiger partial charge in [-0.25, -0.2) is 0 Å². The second-order valence-electron chi connectivity index (χ2n) is 4.61. The normalized spacial score (nSPS) is 16.3. The predicted molar refractivity (Wildman–Crippen MR) is 70.8 cm³/mol. The Bertz CT molecular complexity index is 445. The molecule has 0 saturated carbocycles. The van der Waals surface area contributed by atoms with Crippen molar-refractivity contribution in [2.45, 2.75) is 39.4 Å². The van der Waals surface area contributed by atoms with Crippen LogP contribution >= 0.6 is 0 Å². The van der Waals surface area contributed by atoms with E-state index in [4.69, 9.17) is 10.5 Å². The Hall–Kier alpha value is -1.55. The minimum absolute atomic E-state index is 0.124. The smallest absolute Gasteiger partial charge is 0.323 e. The van der Waals surface area contributed by atoms with E-state index in [-0.39, 0.29) is 12.0 Å². The van der Waals surface area contributed by atoms with Crippen molar-refractivity contribution in [1.82, 2.24) is 4.90 Å². The maximum absolute atomic E-state index is 11.9.